The Morgan fingerprint density at radius 1 is 0.783 bits per heavy atom. The second-order valence-corrected chi connectivity index (χ2v) is 5.65. The van der Waals surface area contributed by atoms with Crippen LogP contribution >= 0.6 is 0 Å². The van der Waals surface area contributed by atoms with Crippen molar-refractivity contribution in [3.8, 4) is 17.2 Å². The summed E-state index contributed by atoms with van der Waals surface area (Å²) < 4.78 is 16.3. The monoisotopic (exact) mass is 315 g/mol. The maximum atomic E-state index is 5.55. The number of rotatable bonds is 7. The Morgan fingerprint density at radius 3 is 2.00 bits per heavy atom. The average Bonchev–Trinajstić information content (AvgIpc) is 2.56. The molecule has 124 valence electrons. The summed E-state index contributed by atoms with van der Waals surface area (Å²) >= 11 is 0. The van der Waals surface area contributed by atoms with Gasteiger partial charge in [0.15, 0.2) is 11.5 Å². The molecule has 0 aliphatic heterocycles. The molecule has 23 heavy (non-hydrogen) atoms. The largest absolute Gasteiger partial charge is 0.493 e. The molecule has 0 bridgehead atoms. The Kier molecular flexibility index (Phi) is 5.88. The molecular weight excluding hydrogens is 290 g/mol. The molecule has 0 atom stereocenters. The predicted molar refractivity (Wildman–Crippen MR) is 92.4 cm³/mol. The molecule has 0 N–H and O–H groups in total. The Morgan fingerprint density at radius 2 is 1.43 bits per heavy atom. The van der Waals surface area contributed by atoms with Gasteiger partial charge in [-0.2, -0.15) is 0 Å². The van der Waals surface area contributed by atoms with Gasteiger partial charge in [0.2, 0.25) is 5.75 Å². The van der Waals surface area contributed by atoms with Crippen LogP contribution < -0.4 is 14.2 Å². The standard InChI is InChI=1S/C19H25NO3/c1-14-6-8-15(9-7-14)12-20(2)13-16-10-11-17(21-3)19(23-5)18(16)22-4/h6-11H,12-13H2,1-5H3. The van der Waals surface area contributed by atoms with Crippen molar-refractivity contribution in [1.82, 2.24) is 4.90 Å². The molecule has 0 fully saturated rings. The summed E-state index contributed by atoms with van der Waals surface area (Å²) in [6.45, 7) is 3.73. The highest BCUT2D eigenvalue weighted by atomic mass is 16.5. The summed E-state index contributed by atoms with van der Waals surface area (Å²) in [5.41, 5.74) is 3.63. The smallest absolute Gasteiger partial charge is 0.203 e. The Balaban J connectivity index is 2.16. The van der Waals surface area contributed by atoms with E-state index in [9.17, 15) is 0 Å². The molecule has 4 heteroatoms. The molecule has 0 aliphatic carbocycles. The van der Waals surface area contributed by atoms with Crippen LogP contribution in [0.25, 0.3) is 0 Å². The topological polar surface area (TPSA) is 30.9 Å². The van der Waals surface area contributed by atoms with E-state index in [1.54, 1.807) is 21.3 Å². The van der Waals surface area contributed by atoms with Crippen molar-refractivity contribution in [2.75, 3.05) is 28.4 Å². The van der Waals surface area contributed by atoms with E-state index in [2.05, 4.69) is 43.1 Å². The summed E-state index contributed by atoms with van der Waals surface area (Å²) in [5.74, 6) is 2.04. The summed E-state index contributed by atoms with van der Waals surface area (Å²) in [7, 11) is 7.00. The predicted octanol–water partition coefficient (Wildman–Crippen LogP) is 3.65. The maximum absolute atomic E-state index is 5.55. The van der Waals surface area contributed by atoms with Crippen LogP contribution in [0.1, 0.15) is 16.7 Å². The van der Waals surface area contributed by atoms with E-state index in [1.165, 1.54) is 11.1 Å². The Labute approximate surface area is 138 Å². The van der Waals surface area contributed by atoms with Gasteiger partial charge in [0.25, 0.3) is 0 Å². The highest BCUT2D eigenvalue weighted by molar-refractivity contribution is 5.55. The minimum Gasteiger partial charge on any atom is -0.493 e. The van der Waals surface area contributed by atoms with E-state index in [-0.39, 0.29) is 0 Å². The van der Waals surface area contributed by atoms with Gasteiger partial charge in [0.05, 0.1) is 21.3 Å². The van der Waals surface area contributed by atoms with Gasteiger partial charge in [-0.25, -0.2) is 0 Å². The molecule has 0 radical (unpaired) electrons. The van der Waals surface area contributed by atoms with E-state index in [0.29, 0.717) is 11.5 Å². The molecule has 0 saturated heterocycles. The highest BCUT2D eigenvalue weighted by Crippen LogP contribution is 2.40. The average molecular weight is 315 g/mol. The van der Waals surface area contributed by atoms with E-state index in [4.69, 9.17) is 14.2 Å². The summed E-state index contributed by atoms with van der Waals surface area (Å²) in [6, 6.07) is 12.5. The van der Waals surface area contributed by atoms with E-state index in [1.807, 2.05) is 12.1 Å². The number of nitrogens with zero attached hydrogens (tertiary/aromatic N) is 1. The summed E-state index contributed by atoms with van der Waals surface area (Å²) in [6.07, 6.45) is 0. The molecule has 2 aromatic rings. The zero-order valence-corrected chi connectivity index (χ0v) is 14.6. The first kappa shape index (κ1) is 17.2. The van der Waals surface area contributed by atoms with Crippen molar-refractivity contribution >= 4 is 0 Å². The number of methoxy groups -OCH3 is 3. The lowest BCUT2D eigenvalue weighted by Crippen LogP contribution is -2.18. The van der Waals surface area contributed by atoms with Gasteiger partial charge in [-0.05, 0) is 25.6 Å². The quantitative estimate of drug-likeness (QED) is 0.780. The molecule has 0 unspecified atom stereocenters. The van der Waals surface area contributed by atoms with Crippen molar-refractivity contribution in [1.29, 1.82) is 0 Å². The van der Waals surface area contributed by atoms with E-state index in [0.717, 1.165) is 24.4 Å². The third-order valence-electron chi connectivity index (χ3n) is 3.80. The Hall–Kier alpha value is -2.20. The summed E-state index contributed by atoms with van der Waals surface area (Å²) in [5, 5.41) is 0. The number of hydrogen-bond donors (Lipinski definition) is 0. The van der Waals surface area contributed by atoms with Gasteiger partial charge >= 0.3 is 0 Å². The van der Waals surface area contributed by atoms with Crippen LogP contribution in [0.5, 0.6) is 17.2 Å². The van der Waals surface area contributed by atoms with Crippen LogP contribution in [0.15, 0.2) is 36.4 Å². The van der Waals surface area contributed by atoms with Crippen LogP contribution in [0.3, 0.4) is 0 Å². The molecule has 0 amide bonds. The second-order valence-electron chi connectivity index (χ2n) is 5.65. The molecule has 2 rings (SSSR count). The SMILES string of the molecule is COc1ccc(CN(C)Cc2ccc(C)cc2)c(OC)c1OC. The van der Waals surface area contributed by atoms with Crippen molar-refractivity contribution < 1.29 is 14.2 Å². The fourth-order valence-electron chi connectivity index (χ4n) is 2.64. The first-order chi connectivity index (χ1) is 11.1. The summed E-state index contributed by atoms with van der Waals surface area (Å²) in [4.78, 5) is 2.24. The molecule has 0 heterocycles. The third-order valence-corrected chi connectivity index (χ3v) is 3.80. The number of benzene rings is 2. The lowest BCUT2D eigenvalue weighted by atomic mass is 10.1. The van der Waals surface area contributed by atoms with Crippen LogP contribution in [0.4, 0.5) is 0 Å². The van der Waals surface area contributed by atoms with Crippen molar-refractivity contribution in [2.45, 2.75) is 20.0 Å². The highest BCUT2D eigenvalue weighted by Gasteiger charge is 2.16. The minimum atomic E-state index is 0.635. The molecule has 0 aromatic heterocycles. The normalized spacial score (nSPS) is 10.7. The minimum absolute atomic E-state index is 0.635. The van der Waals surface area contributed by atoms with Crippen molar-refractivity contribution in [3.05, 3.63) is 53.1 Å². The lowest BCUT2D eigenvalue weighted by Gasteiger charge is -2.21. The first-order valence-electron chi connectivity index (χ1n) is 7.61. The van der Waals surface area contributed by atoms with Gasteiger partial charge in [0.1, 0.15) is 0 Å². The maximum Gasteiger partial charge on any atom is 0.203 e. The van der Waals surface area contributed by atoms with E-state index >= 15 is 0 Å². The van der Waals surface area contributed by atoms with Gasteiger partial charge in [-0.3, -0.25) is 4.90 Å². The number of aryl methyl sites for hydroxylation is 1. The molecule has 0 aliphatic rings. The number of hydrogen-bond acceptors (Lipinski definition) is 4. The first-order valence-corrected chi connectivity index (χ1v) is 7.61. The molecule has 0 saturated carbocycles. The van der Waals surface area contributed by atoms with Crippen LogP contribution in [0.2, 0.25) is 0 Å². The molecular formula is C19H25NO3. The van der Waals surface area contributed by atoms with Gasteiger partial charge in [-0.1, -0.05) is 35.9 Å². The molecule has 4 nitrogen and oxygen atoms in total. The molecule has 0 spiro atoms. The molecule has 2 aromatic carbocycles. The number of ether oxygens (including phenoxy) is 3. The fraction of sp³-hybridized carbons (Fsp3) is 0.368. The fourth-order valence-corrected chi connectivity index (χ4v) is 2.64. The lowest BCUT2D eigenvalue weighted by molar-refractivity contribution is 0.296. The zero-order chi connectivity index (χ0) is 16.8. The van der Waals surface area contributed by atoms with Crippen molar-refractivity contribution in [3.63, 3.8) is 0 Å². The third kappa shape index (κ3) is 4.17. The van der Waals surface area contributed by atoms with Gasteiger partial charge < -0.3 is 14.2 Å². The zero-order valence-electron chi connectivity index (χ0n) is 14.6. The van der Waals surface area contributed by atoms with Crippen molar-refractivity contribution in [2.24, 2.45) is 0 Å². The Bertz CT molecular complexity index is 638. The van der Waals surface area contributed by atoms with Crippen LogP contribution in [0, 0.1) is 6.92 Å². The van der Waals surface area contributed by atoms with Gasteiger partial charge in [-0.15, -0.1) is 0 Å². The van der Waals surface area contributed by atoms with Gasteiger partial charge in [0, 0.05) is 18.7 Å². The van der Waals surface area contributed by atoms with E-state index < -0.39 is 0 Å². The van der Waals surface area contributed by atoms with Crippen LogP contribution in [-0.4, -0.2) is 33.3 Å². The second kappa shape index (κ2) is 7.88. The van der Waals surface area contributed by atoms with Crippen LogP contribution in [-0.2, 0) is 13.1 Å².